The smallest absolute Gasteiger partial charge is 0.278 e. The minimum atomic E-state index is 0.288. The fourth-order valence-electron chi connectivity index (χ4n) is 2.24. The summed E-state index contributed by atoms with van der Waals surface area (Å²) in [4.78, 5) is 8.60. The van der Waals surface area contributed by atoms with Crippen LogP contribution in [0.4, 0.5) is 0 Å². The van der Waals surface area contributed by atoms with Crippen LogP contribution in [0, 0.1) is 6.92 Å². The third-order valence-corrected chi connectivity index (χ3v) is 3.68. The van der Waals surface area contributed by atoms with Crippen LogP contribution in [0.25, 0.3) is 23.0 Å². The summed E-state index contributed by atoms with van der Waals surface area (Å²) in [6, 6.07) is 5.52. The summed E-state index contributed by atoms with van der Waals surface area (Å²) in [6.07, 6.45) is 5.39. The second-order valence-corrected chi connectivity index (χ2v) is 5.41. The van der Waals surface area contributed by atoms with E-state index in [1.165, 1.54) is 6.42 Å². The molecule has 0 aromatic carbocycles. The molecule has 0 bridgehead atoms. The van der Waals surface area contributed by atoms with Crippen LogP contribution in [0.3, 0.4) is 0 Å². The number of H-pyrrole nitrogens is 1. The number of aryl methyl sites for hydroxylation is 1. The molecule has 0 aliphatic heterocycles. The number of aromatic nitrogens is 5. The Morgan fingerprint density at radius 3 is 2.95 bits per heavy atom. The topological polar surface area (TPSA) is 89.7 Å². The lowest BCUT2D eigenvalue weighted by Crippen LogP contribution is -2.24. The predicted octanol–water partition coefficient (Wildman–Crippen LogP) is 2.76. The van der Waals surface area contributed by atoms with E-state index >= 15 is 0 Å². The second kappa shape index (κ2) is 5.25. The van der Waals surface area contributed by atoms with Gasteiger partial charge >= 0.3 is 0 Å². The molecule has 0 unspecified atom stereocenters. The first-order valence-corrected chi connectivity index (χ1v) is 7.27. The van der Waals surface area contributed by atoms with E-state index in [0.29, 0.717) is 23.3 Å². The minimum Gasteiger partial charge on any atom is -0.474 e. The molecule has 1 saturated carbocycles. The Balaban J connectivity index is 1.59. The minimum absolute atomic E-state index is 0.288. The van der Waals surface area contributed by atoms with Gasteiger partial charge in [-0.15, -0.1) is 0 Å². The average Bonchev–Trinajstić information content (AvgIpc) is 3.12. The predicted molar refractivity (Wildman–Crippen MR) is 78.1 cm³/mol. The van der Waals surface area contributed by atoms with Gasteiger partial charge in [-0.25, -0.2) is 4.98 Å². The first-order valence-electron chi connectivity index (χ1n) is 7.27. The highest BCUT2D eigenvalue weighted by Gasteiger charge is 2.20. The van der Waals surface area contributed by atoms with Crippen molar-refractivity contribution in [2.24, 2.45) is 0 Å². The highest BCUT2D eigenvalue weighted by molar-refractivity contribution is 5.58. The van der Waals surface area contributed by atoms with Gasteiger partial charge in [-0.3, -0.25) is 5.10 Å². The van der Waals surface area contributed by atoms with Crippen molar-refractivity contribution in [1.82, 2.24) is 25.3 Å². The van der Waals surface area contributed by atoms with Crippen molar-refractivity contribution in [1.29, 1.82) is 0 Å². The van der Waals surface area contributed by atoms with Crippen LogP contribution in [-0.2, 0) is 0 Å². The van der Waals surface area contributed by atoms with Crippen LogP contribution >= 0.6 is 0 Å². The van der Waals surface area contributed by atoms with Gasteiger partial charge in [-0.1, -0.05) is 5.16 Å². The molecule has 1 aliphatic carbocycles. The Bertz CT molecular complexity index is 791. The lowest BCUT2D eigenvalue weighted by molar-refractivity contribution is 0.115. The molecule has 0 amide bonds. The van der Waals surface area contributed by atoms with Crippen molar-refractivity contribution in [2.75, 3.05) is 0 Å². The van der Waals surface area contributed by atoms with Gasteiger partial charge in [-0.2, -0.15) is 10.1 Å². The zero-order chi connectivity index (χ0) is 14.9. The van der Waals surface area contributed by atoms with Crippen molar-refractivity contribution in [3.63, 3.8) is 0 Å². The maximum absolute atomic E-state index is 5.79. The molecule has 0 saturated heterocycles. The summed E-state index contributed by atoms with van der Waals surface area (Å²) in [5.74, 6) is 1.48. The molecule has 4 rings (SSSR count). The van der Waals surface area contributed by atoms with E-state index in [4.69, 9.17) is 9.26 Å². The zero-order valence-electron chi connectivity index (χ0n) is 12.1. The van der Waals surface area contributed by atoms with Gasteiger partial charge in [0.2, 0.25) is 11.7 Å². The van der Waals surface area contributed by atoms with Crippen LogP contribution in [0.1, 0.15) is 25.0 Å². The normalized spacial score (nSPS) is 14.8. The molecule has 7 heteroatoms. The van der Waals surface area contributed by atoms with E-state index in [9.17, 15) is 0 Å². The van der Waals surface area contributed by atoms with Gasteiger partial charge in [0.05, 0.1) is 0 Å². The van der Waals surface area contributed by atoms with Gasteiger partial charge in [0.25, 0.3) is 5.89 Å². The molecule has 1 N–H and O–H groups in total. The van der Waals surface area contributed by atoms with Gasteiger partial charge in [-0.05, 0) is 38.3 Å². The number of rotatable bonds is 4. The van der Waals surface area contributed by atoms with Gasteiger partial charge < -0.3 is 9.26 Å². The van der Waals surface area contributed by atoms with Gasteiger partial charge in [0, 0.05) is 23.5 Å². The molecule has 0 radical (unpaired) electrons. The lowest BCUT2D eigenvalue weighted by Gasteiger charge is -2.25. The Morgan fingerprint density at radius 1 is 1.32 bits per heavy atom. The fraction of sp³-hybridized carbons (Fsp3) is 0.333. The summed E-state index contributed by atoms with van der Waals surface area (Å²) in [5, 5.41) is 11.0. The third-order valence-electron chi connectivity index (χ3n) is 3.68. The molecule has 1 fully saturated rings. The van der Waals surface area contributed by atoms with Crippen molar-refractivity contribution < 1.29 is 9.26 Å². The molecule has 112 valence electrons. The van der Waals surface area contributed by atoms with Crippen LogP contribution in [0.2, 0.25) is 0 Å². The first kappa shape index (κ1) is 13.0. The highest BCUT2D eigenvalue weighted by atomic mass is 16.5. The number of nitrogens with zero attached hydrogens (tertiary/aromatic N) is 4. The summed E-state index contributed by atoms with van der Waals surface area (Å²) in [5.41, 5.74) is 2.39. The fourth-order valence-corrected chi connectivity index (χ4v) is 2.24. The molecular weight excluding hydrogens is 282 g/mol. The lowest BCUT2D eigenvalue weighted by atomic mass is 9.96. The van der Waals surface area contributed by atoms with E-state index in [2.05, 4.69) is 25.3 Å². The zero-order valence-corrected chi connectivity index (χ0v) is 12.1. The van der Waals surface area contributed by atoms with Crippen LogP contribution in [-0.4, -0.2) is 31.4 Å². The van der Waals surface area contributed by atoms with Crippen molar-refractivity contribution in [3.8, 4) is 28.9 Å². The SMILES string of the molecule is Cc1cc(-c2nc(-c3ccnc(OC4CCC4)c3)no2)n[nH]1. The Morgan fingerprint density at radius 2 is 2.23 bits per heavy atom. The Kier molecular flexibility index (Phi) is 3.10. The number of hydrogen-bond donors (Lipinski definition) is 1. The number of hydrogen-bond acceptors (Lipinski definition) is 6. The Hall–Kier alpha value is -2.70. The molecule has 1 aliphatic rings. The molecule has 0 atom stereocenters. The van der Waals surface area contributed by atoms with E-state index in [-0.39, 0.29) is 6.10 Å². The highest BCUT2D eigenvalue weighted by Crippen LogP contribution is 2.27. The first-order chi connectivity index (χ1) is 10.8. The molecule has 3 aromatic heterocycles. The van der Waals surface area contributed by atoms with E-state index in [0.717, 1.165) is 24.1 Å². The maximum atomic E-state index is 5.79. The van der Waals surface area contributed by atoms with Crippen molar-refractivity contribution in [2.45, 2.75) is 32.3 Å². The van der Waals surface area contributed by atoms with E-state index in [1.54, 1.807) is 6.20 Å². The van der Waals surface area contributed by atoms with Crippen molar-refractivity contribution in [3.05, 3.63) is 30.1 Å². The molecule has 3 aromatic rings. The standard InChI is InChI=1S/C15H15N5O2/c1-9-7-12(19-18-9)15-17-14(20-22-15)10-5-6-16-13(8-10)21-11-3-2-4-11/h5-8,11H,2-4H2,1H3,(H,18,19). The number of pyridine rings is 1. The molecular formula is C15H15N5O2. The quantitative estimate of drug-likeness (QED) is 0.796. The summed E-state index contributed by atoms with van der Waals surface area (Å²) in [6.45, 7) is 1.92. The maximum Gasteiger partial charge on any atom is 0.278 e. The summed E-state index contributed by atoms with van der Waals surface area (Å²) in [7, 11) is 0. The molecule has 0 spiro atoms. The van der Waals surface area contributed by atoms with E-state index in [1.807, 2.05) is 25.1 Å². The molecule has 3 heterocycles. The van der Waals surface area contributed by atoms with Crippen molar-refractivity contribution >= 4 is 0 Å². The van der Waals surface area contributed by atoms with Crippen LogP contribution in [0.5, 0.6) is 5.88 Å². The molecule has 7 nitrogen and oxygen atoms in total. The van der Waals surface area contributed by atoms with Gasteiger partial charge in [0.1, 0.15) is 6.10 Å². The second-order valence-electron chi connectivity index (χ2n) is 5.41. The van der Waals surface area contributed by atoms with E-state index < -0.39 is 0 Å². The third kappa shape index (κ3) is 2.45. The summed E-state index contributed by atoms with van der Waals surface area (Å²) >= 11 is 0. The number of aromatic amines is 1. The van der Waals surface area contributed by atoms with Crippen LogP contribution in [0.15, 0.2) is 28.9 Å². The van der Waals surface area contributed by atoms with Gasteiger partial charge in [0.15, 0.2) is 5.69 Å². The van der Waals surface area contributed by atoms with Crippen LogP contribution < -0.4 is 4.74 Å². The number of nitrogens with one attached hydrogen (secondary N) is 1. The summed E-state index contributed by atoms with van der Waals surface area (Å²) < 4.78 is 11.1. The largest absolute Gasteiger partial charge is 0.474 e. The molecule has 22 heavy (non-hydrogen) atoms. The monoisotopic (exact) mass is 297 g/mol. The Labute approximate surface area is 126 Å². The number of ether oxygens (including phenoxy) is 1. The average molecular weight is 297 g/mol.